The molecule has 1 aromatic heterocycles. The highest BCUT2D eigenvalue weighted by Crippen LogP contribution is 2.36. The molecule has 2 heterocycles. The Labute approximate surface area is 195 Å². The van der Waals surface area contributed by atoms with Crippen molar-refractivity contribution in [2.75, 3.05) is 34.0 Å². The molecule has 1 aromatic carbocycles. The smallest absolute Gasteiger partial charge is 0.0475 e. The molecule has 2 aromatic rings. The van der Waals surface area contributed by atoms with Gasteiger partial charge in [-0.25, -0.2) is 0 Å². The van der Waals surface area contributed by atoms with Crippen molar-refractivity contribution in [3.05, 3.63) is 65.5 Å². The third-order valence-corrected chi connectivity index (χ3v) is 6.51. The quantitative estimate of drug-likeness (QED) is 0.649. The maximum absolute atomic E-state index is 5.87. The van der Waals surface area contributed by atoms with Crippen LogP contribution < -0.4 is 5.73 Å². The van der Waals surface area contributed by atoms with E-state index in [2.05, 4.69) is 46.1 Å². The molecule has 4 nitrogen and oxygen atoms in total. The van der Waals surface area contributed by atoms with Crippen LogP contribution in [0.15, 0.2) is 48.7 Å². The van der Waals surface area contributed by atoms with Gasteiger partial charge in [0.05, 0.1) is 0 Å². The number of pyridine rings is 1. The van der Waals surface area contributed by atoms with Crippen LogP contribution in [0.5, 0.6) is 0 Å². The summed E-state index contributed by atoms with van der Waals surface area (Å²) in [5.74, 6) is 0. The van der Waals surface area contributed by atoms with Crippen molar-refractivity contribution in [1.82, 2.24) is 4.98 Å². The standard InChI is InChI=1S/C16H26N2O.C10H12.C2H6O/c17-11-9-16(15-7-3-5-12-18-15)8-4-1-2-6-13-19-14-10-16;1-2-6-10-8-4-3-7-9(10)5-1;1-3-2/h3,5,7,12H,1-2,4,6,8-11,13-14,17H2;1-2,5-6H,3-4,7-8H2;1-2H3/t16-;;/m1../s1. The Hall–Kier alpha value is -1.75. The Bertz CT molecular complexity index is 685. The number of aromatic nitrogens is 1. The number of nitrogens with two attached hydrogens (primary N) is 1. The van der Waals surface area contributed by atoms with E-state index < -0.39 is 0 Å². The molecular formula is C28H44N2O2. The lowest BCUT2D eigenvalue weighted by atomic mass is 9.73. The van der Waals surface area contributed by atoms with E-state index in [9.17, 15) is 0 Å². The van der Waals surface area contributed by atoms with Crippen molar-refractivity contribution < 1.29 is 9.47 Å². The van der Waals surface area contributed by atoms with Crippen LogP contribution in [0.2, 0.25) is 0 Å². The lowest BCUT2D eigenvalue weighted by Crippen LogP contribution is -2.32. The number of ether oxygens (including phenoxy) is 2. The zero-order chi connectivity index (χ0) is 22.9. The maximum atomic E-state index is 5.87. The van der Waals surface area contributed by atoms with E-state index in [4.69, 9.17) is 10.5 Å². The Balaban J connectivity index is 0.000000232. The van der Waals surface area contributed by atoms with Gasteiger partial charge in [0.2, 0.25) is 0 Å². The molecule has 4 heteroatoms. The molecule has 0 unspecified atom stereocenters. The van der Waals surface area contributed by atoms with Gasteiger partial charge in [-0.3, -0.25) is 4.98 Å². The van der Waals surface area contributed by atoms with Gasteiger partial charge in [0.1, 0.15) is 0 Å². The predicted molar refractivity (Wildman–Crippen MR) is 134 cm³/mol. The van der Waals surface area contributed by atoms with Crippen LogP contribution in [0.1, 0.15) is 74.6 Å². The number of benzene rings is 1. The molecule has 2 N–H and O–H groups in total. The van der Waals surface area contributed by atoms with Crippen molar-refractivity contribution in [3.8, 4) is 0 Å². The van der Waals surface area contributed by atoms with E-state index in [1.165, 1.54) is 63.5 Å². The summed E-state index contributed by atoms with van der Waals surface area (Å²) in [6.07, 6.45) is 15.6. The average molecular weight is 441 g/mol. The maximum Gasteiger partial charge on any atom is 0.0475 e. The molecule has 2 aliphatic rings. The average Bonchev–Trinajstić information content (AvgIpc) is 2.85. The molecule has 4 rings (SSSR count). The number of nitrogens with zero attached hydrogens (tertiary/aromatic N) is 1. The molecule has 1 aliphatic carbocycles. The molecule has 1 aliphatic heterocycles. The highest BCUT2D eigenvalue weighted by Gasteiger charge is 2.32. The molecule has 1 atom stereocenters. The van der Waals surface area contributed by atoms with Crippen LogP contribution >= 0.6 is 0 Å². The summed E-state index contributed by atoms with van der Waals surface area (Å²) < 4.78 is 10.0. The second-order valence-corrected chi connectivity index (χ2v) is 8.94. The van der Waals surface area contributed by atoms with Crippen LogP contribution in [-0.2, 0) is 27.7 Å². The fraction of sp³-hybridized carbons (Fsp3) is 0.607. The largest absolute Gasteiger partial charge is 0.388 e. The predicted octanol–water partition coefficient (Wildman–Crippen LogP) is 5.87. The number of methoxy groups -OCH3 is 1. The van der Waals surface area contributed by atoms with Crippen molar-refractivity contribution >= 4 is 0 Å². The summed E-state index contributed by atoms with van der Waals surface area (Å²) in [5.41, 5.74) is 10.3. The van der Waals surface area contributed by atoms with Crippen LogP contribution in [0.3, 0.4) is 0 Å². The second kappa shape index (κ2) is 16.0. The third-order valence-electron chi connectivity index (χ3n) is 6.51. The molecular weight excluding hydrogens is 396 g/mol. The Morgan fingerprint density at radius 3 is 2.12 bits per heavy atom. The minimum atomic E-state index is 0.118. The molecule has 0 spiro atoms. The van der Waals surface area contributed by atoms with Crippen LogP contribution in [0, 0.1) is 0 Å². The van der Waals surface area contributed by atoms with Gasteiger partial charge < -0.3 is 15.2 Å². The molecule has 1 fully saturated rings. The zero-order valence-corrected chi connectivity index (χ0v) is 20.4. The topological polar surface area (TPSA) is 57.4 Å². The van der Waals surface area contributed by atoms with E-state index in [1.54, 1.807) is 25.3 Å². The molecule has 178 valence electrons. The fourth-order valence-electron chi connectivity index (χ4n) is 4.78. The Morgan fingerprint density at radius 1 is 0.844 bits per heavy atom. The molecule has 0 amide bonds. The van der Waals surface area contributed by atoms with Crippen molar-refractivity contribution in [2.24, 2.45) is 5.73 Å². The zero-order valence-electron chi connectivity index (χ0n) is 20.4. The highest BCUT2D eigenvalue weighted by molar-refractivity contribution is 5.28. The van der Waals surface area contributed by atoms with E-state index in [-0.39, 0.29) is 5.41 Å². The summed E-state index contributed by atoms with van der Waals surface area (Å²) in [5, 5.41) is 0. The monoisotopic (exact) mass is 440 g/mol. The van der Waals surface area contributed by atoms with Gasteiger partial charge in [-0.2, -0.15) is 0 Å². The number of hydrogen-bond donors (Lipinski definition) is 1. The van der Waals surface area contributed by atoms with Gasteiger partial charge in [0.25, 0.3) is 0 Å². The summed E-state index contributed by atoms with van der Waals surface area (Å²) in [6, 6.07) is 15.0. The first-order valence-electron chi connectivity index (χ1n) is 12.4. The number of aryl methyl sites for hydroxylation is 2. The SMILES string of the molecule is COC.NCC[C@]1(c2ccccn2)CCCCCCOCC1.c1ccc2c(c1)CCCC2. The van der Waals surface area contributed by atoms with Crippen LogP contribution in [0.25, 0.3) is 0 Å². The molecule has 0 saturated carbocycles. The Morgan fingerprint density at radius 2 is 1.50 bits per heavy atom. The second-order valence-electron chi connectivity index (χ2n) is 8.94. The van der Waals surface area contributed by atoms with Crippen LogP contribution in [0.4, 0.5) is 0 Å². The number of fused-ring (bicyclic) bond motifs is 1. The first kappa shape index (κ1) is 26.5. The van der Waals surface area contributed by atoms with Crippen molar-refractivity contribution in [2.45, 2.75) is 76.0 Å². The van der Waals surface area contributed by atoms with Gasteiger partial charge in [0.15, 0.2) is 0 Å². The molecule has 1 saturated heterocycles. The van der Waals surface area contributed by atoms with E-state index >= 15 is 0 Å². The number of rotatable bonds is 3. The molecule has 0 radical (unpaired) electrons. The van der Waals surface area contributed by atoms with Crippen molar-refractivity contribution in [3.63, 3.8) is 0 Å². The summed E-state index contributed by atoms with van der Waals surface area (Å²) in [4.78, 5) is 4.61. The van der Waals surface area contributed by atoms with E-state index in [0.29, 0.717) is 0 Å². The van der Waals surface area contributed by atoms with Gasteiger partial charge in [0, 0.05) is 44.7 Å². The molecule has 32 heavy (non-hydrogen) atoms. The first-order valence-corrected chi connectivity index (χ1v) is 12.4. The van der Waals surface area contributed by atoms with Gasteiger partial charge >= 0.3 is 0 Å². The number of hydrogen-bond acceptors (Lipinski definition) is 4. The van der Waals surface area contributed by atoms with Gasteiger partial charge in [-0.05, 0) is 81.2 Å². The summed E-state index contributed by atoms with van der Waals surface area (Å²) in [6.45, 7) is 2.45. The lowest BCUT2D eigenvalue weighted by Gasteiger charge is -2.34. The minimum Gasteiger partial charge on any atom is -0.388 e. The normalized spacial score (nSPS) is 21.1. The fourth-order valence-corrected chi connectivity index (χ4v) is 4.78. The summed E-state index contributed by atoms with van der Waals surface area (Å²) in [7, 11) is 3.25. The van der Waals surface area contributed by atoms with Gasteiger partial charge in [-0.1, -0.05) is 49.6 Å². The van der Waals surface area contributed by atoms with Gasteiger partial charge in [-0.15, -0.1) is 0 Å². The lowest BCUT2D eigenvalue weighted by molar-refractivity contribution is 0.0990. The van der Waals surface area contributed by atoms with Crippen molar-refractivity contribution in [1.29, 1.82) is 0 Å². The first-order chi connectivity index (χ1) is 15.8. The highest BCUT2D eigenvalue weighted by atomic mass is 16.5. The minimum absolute atomic E-state index is 0.118. The summed E-state index contributed by atoms with van der Waals surface area (Å²) >= 11 is 0. The van der Waals surface area contributed by atoms with E-state index in [1.807, 2.05) is 12.3 Å². The van der Waals surface area contributed by atoms with Crippen LogP contribution in [-0.4, -0.2) is 39.0 Å². The van der Waals surface area contributed by atoms with E-state index in [0.717, 1.165) is 32.6 Å². The third kappa shape index (κ3) is 9.01. The Kier molecular flexibility index (Phi) is 13.2. The molecule has 0 bridgehead atoms.